The Bertz CT molecular complexity index is 1160. The maximum Gasteiger partial charge on any atom is 0.345 e. The van der Waals surface area contributed by atoms with E-state index < -0.39 is 5.60 Å². The fourth-order valence-corrected chi connectivity index (χ4v) is 4.19. The van der Waals surface area contributed by atoms with Crippen LogP contribution in [0.25, 0.3) is 5.78 Å². The number of rotatable bonds is 4. The predicted octanol–water partition coefficient (Wildman–Crippen LogP) is -0.237. The Labute approximate surface area is 172 Å². The summed E-state index contributed by atoms with van der Waals surface area (Å²) >= 11 is 0. The second-order valence-corrected chi connectivity index (χ2v) is 8.29. The molecule has 30 heavy (non-hydrogen) atoms. The first-order valence-electron chi connectivity index (χ1n) is 10.1. The third-order valence-electron chi connectivity index (χ3n) is 6.07. The lowest BCUT2D eigenvalue weighted by atomic mass is 9.94. The van der Waals surface area contributed by atoms with Crippen LogP contribution in [0, 0.1) is 0 Å². The van der Waals surface area contributed by atoms with Crippen molar-refractivity contribution in [1.82, 2.24) is 23.6 Å². The third-order valence-corrected chi connectivity index (χ3v) is 6.07. The van der Waals surface area contributed by atoms with Gasteiger partial charge in [-0.3, -0.25) is 14.6 Å². The van der Waals surface area contributed by atoms with Crippen molar-refractivity contribution < 1.29 is 9.52 Å². The van der Waals surface area contributed by atoms with E-state index in [1.54, 1.807) is 28.5 Å². The summed E-state index contributed by atoms with van der Waals surface area (Å²) in [7, 11) is 1.71. The summed E-state index contributed by atoms with van der Waals surface area (Å²) in [6, 6.07) is 3.62. The van der Waals surface area contributed by atoms with Crippen molar-refractivity contribution in [3.05, 3.63) is 40.3 Å². The summed E-state index contributed by atoms with van der Waals surface area (Å²) in [4.78, 5) is 24.5. The van der Waals surface area contributed by atoms with E-state index in [1.807, 2.05) is 13.0 Å². The zero-order valence-electron chi connectivity index (χ0n) is 17.2. The van der Waals surface area contributed by atoms with Gasteiger partial charge in [0.2, 0.25) is 5.78 Å². The number of aliphatic hydroxyl groups is 1. The lowest BCUT2D eigenvalue weighted by molar-refractivity contribution is -0.00590. The minimum Gasteiger partial charge on any atom is -0.463 e. The summed E-state index contributed by atoms with van der Waals surface area (Å²) < 4.78 is 10.5. The van der Waals surface area contributed by atoms with Gasteiger partial charge in [-0.15, -0.1) is 0 Å². The molecule has 1 fully saturated rings. The first-order chi connectivity index (χ1) is 14.4. The van der Waals surface area contributed by atoms with E-state index in [0.29, 0.717) is 41.9 Å². The molecule has 2 aliphatic rings. The number of aromatic nitrogens is 4. The Hall–Kier alpha value is -2.89. The average Bonchev–Trinajstić information content (AvgIpc) is 3.42. The van der Waals surface area contributed by atoms with Crippen LogP contribution in [0.15, 0.2) is 32.6 Å². The van der Waals surface area contributed by atoms with Crippen LogP contribution < -0.4 is 16.5 Å². The van der Waals surface area contributed by atoms with Gasteiger partial charge in [0.15, 0.2) is 11.6 Å². The highest BCUT2D eigenvalue weighted by molar-refractivity contribution is 6.14. The van der Waals surface area contributed by atoms with Crippen molar-refractivity contribution in [2.45, 2.75) is 31.9 Å². The van der Waals surface area contributed by atoms with Crippen LogP contribution in [0.1, 0.15) is 31.2 Å². The zero-order chi connectivity index (χ0) is 21.0. The summed E-state index contributed by atoms with van der Waals surface area (Å²) in [5.74, 6) is 7.82. The van der Waals surface area contributed by atoms with Crippen molar-refractivity contribution in [3.8, 4) is 0 Å². The highest BCUT2D eigenvalue weighted by Gasteiger charge is 2.31. The molecular formula is C19H26N8O3. The van der Waals surface area contributed by atoms with Crippen molar-refractivity contribution in [2.24, 2.45) is 17.9 Å². The van der Waals surface area contributed by atoms with Crippen LogP contribution in [0.4, 0.5) is 5.82 Å². The highest BCUT2D eigenvalue weighted by Crippen LogP contribution is 2.27. The number of imidazole rings is 1. The number of fused-ring (bicyclic) bond motifs is 3. The monoisotopic (exact) mass is 414 g/mol. The van der Waals surface area contributed by atoms with Crippen LogP contribution in [0.3, 0.4) is 0 Å². The number of nitrogens with zero attached hydrogens (tertiary/aromatic N) is 7. The summed E-state index contributed by atoms with van der Waals surface area (Å²) in [6.07, 6.45) is 3.05. The topological polar surface area (TPSA) is 122 Å². The molecule has 0 unspecified atom stereocenters. The van der Waals surface area contributed by atoms with E-state index in [0.717, 1.165) is 25.9 Å². The largest absolute Gasteiger partial charge is 0.463 e. The molecule has 0 bridgehead atoms. The van der Waals surface area contributed by atoms with Crippen LogP contribution >= 0.6 is 0 Å². The van der Waals surface area contributed by atoms with Crippen LogP contribution in [0.2, 0.25) is 0 Å². The number of aryl methyl sites for hydroxylation is 1. The molecule has 0 saturated carbocycles. The molecule has 160 valence electrons. The molecular weight excluding hydrogens is 388 g/mol. The lowest BCUT2D eigenvalue weighted by Crippen LogP contribution is -2.44. The quantitative estimate of drug-likeness (QED) is 0.565. The van der Waals surface area contributed by atoms with Crippen molar-refractivity contribution in [1.29, 1.82) is 0 Å². The first-order valence-corrected chi connectivity index (χ1v) is 10.1. The molecule has 11 nitrogen and oxygen atoms in total. The van der Waals surface area contributed by atoms with Crippen LogP contribution in [-0.2, 0) is 13.6 Å². The number of nitrogens with two attached hydrogens (primary N) is 1. The maximum absolute atomic E-state index is 13.0. The van der Waals surface area contributed by atoms with Gasteiger partial charge in [0, 0.05) is 33.2 Å². The fourth-order valence-electron chi connectivity index (χ4n) is 4.19. The van der Waals surface area contributed by atoms with Gasteiger partial charge in [0.25, 0.3) is 0 Å². The van der Waals surface area contributed by atoms with Gasteiger partial charge >= 0.3 is 5.69 Å². The molecule has 3 N–H and O–H groups in total. The Morgan fingerprint density at radius 3 is 2.77 bits per heavy atom. The molecule has 1 saturated heterocycles. The van der Waals surface area contributed by atoms with Gasteiger partial charge in [0.05, 0.1) is 11.9 Å². The maximum atomic E-state index is 13.0. The zero-order valence-corrected chi connectivity index (χ0v) is 17.2. The number of hydrazine groups is 1. The van der Waals surface area contributed by atoms with E-state index in [4.69, 9.17) is 10.3 Å². The van der Waals surface area contributed by atoms with E-state index in [9.17, 15) is 9.90 Å². The molecule has 0 amide bonds. The van der Waals surface area contributed by atoms with Gasteiger partial charge in [-0.1, -0.05) is 0 Å². The molecule has 0 spiro atoms. The van der Waals surface area contributed by atoms with E-state index in [2.05, 4.69) is 14.9 Å². The summed E-state index contributed by atoms with van der Waals surface area (Å²) in [5.41, 5.74) is 0.510. The van der Waals surface area contributed by atoms with Gasteiger partial charge in [-0.2, -0.15) is 4.98 Å². The number of furan rings is 1. The Balaban J connectivity index is 1.51. The molecule has 3 aromatic heterocycles. The Morgan fingerprint density at radius 1 is 1.30 bits per heavy atom. The second kappa shape index (κ2) is 6.83. The molecule has 5 rings (SSSR count). The number of hydrogen-bond donors (Lipinski definition) is 2. The van der Waals surface area contributed by atoms with Gasteiger partial charge < -0.3 is 14.4 Å². The number of hydrogen-bond acceptors (Lipinski definition) is 8. The molecule has 0 atom stereocenters. The standard InChI is InChI=1S/C19H26N8O3/c1-19(29)5-7-24(8-6-19)9-10-25-17-22-16-15(27(17)23(2)18(25)28)14(21-12-26(16)20)13-4-3-11-30-13/h3-4,11,29H,5-10,12,20H2,1-2H3. The number of likely N-dealkylation sites (tertiary alicyclic amines) is 1. The molecule has 11 heteroatoms. The van der Waals surface area contributed by atoms with Crippen LogP contribution in [0.5, 0.6) is 0 Å². The normalized spacial score (nSPS) is 19.3. The van der Waals surface area contributed by atoms with E-state index in [1.165, 1.54) is 9.69 Å². The van der Waals surface area contributed by atoms with E-state index >= 15 is 0 Å². The molecule has 5 heterocycles. The van der Waals surface area contributed by atoms with Gasteiger partial charge in [-0.25, -0.2) is 19.8 Å². The van der Waals surface area contributed by atoms with Gasteiger partial charge in [0.1, 0.15) is 18.1 Å². The third kappa shape index (κ3) is 2.97. The lowest BCUT2D eigenvalue weighted by Gasteiger charge is -2.35. The predicted molar refractivity (Wildman–Crippen MR) is 111 cm³/mol. The number of piperidine rings is 1. The molecule has 2 aliphatic heterocycles. The summed E-state index contributed by atoms with van der Waals surface area (Å²) in [5, 5.41) is 11.6. The number of anilines is 1. The minimum atomic E-state index is -0.596. The molecule has 0 radical (unpaired) electrons. The molecule has 0 aromatic carbocycles. The SMILES string of the molecule is Cn1c(=O)n(CCN2CCC(C)(O)CC2)c2nc3c(n21)C(c1ccco1)=NCN3N. The van der Waals surface area contributed by atoms with Gasteiger partial charge in [-0.05, 0) is 31.9 Å². The first kappa shape index (κ1) is 19.1. The minimum absolute atomic E-state index is 0.155. The smallest absolute Gasteiger partial charge is 0.345 e. The van der Waals surface area contributed by atoms with Crippen LogP contribution in [-0.4, -0.2) is 66.4 Å². The van der Waals surface area contributed by atoms with Crippen molar-refractivity contribution in [2.75, 3.05) is 31.3 Å². The Morgan fingerprint density at radius 2 is 2.07 bits per heavy atom. The van der Waals surface area contributed by atoms with Crippen molar-refractivity contribution in [3.63, 3.8) is 0 Å². The highest BCUT2D eigenvalue weighted by atomic mass is 16.3. The molecule has 0 aliphatic carbocycles. The van der Waals surface area contributed by atoms with E-state index in [-0.39, 0.29) is 12.4 Å². The van der Waals surface area contributed by atoms with Crippen molar-refractivity contribution >= 4 is 17.3 Å². The average molecular weight is 414 g/mol. The second-order valence-electron chi connectivity index (χ2n) is 8.29. The summed E-state index contributed by atoms with van der Waals surface area (Å²) in [6.45, 7) is 4.95. The number of aliphatic imine (C=N–C) groups is 1. The Kier molecular flexibility index (Phi) is 4.34. The molecule has 3 aromatic rings. The fraction of sp³-hybridized carbons (Fsp3) is 0.526.